The van der Waals surface area contributed by atoms with Gasteiger partial charge in [0.2, 0.25) is 0 Å². The van der Waals surface area contributed by atoms with Gasteiger partial charge in [0, 0.05) is 18.2 Å². The SMILES string of the molecule is CCOC(=O)c1cccc(NC(=S)NCCC(c2ccccc2)c2ccccc2)c1. The number of rotatable bonds is 8. The second-order valence-corrected chi connectivity index (χ2v) is 7.25. The molecule has 3 aromatic rings. The Balaban J connectivity index is 1.58. The van der Waals surface area contributed by atoms with E-state index in [9.17, 15) is 4.79 Å². The largest absolute Gasteiger partial charge is 0.462 e. The van der Waals surface area contributed by atoms with Gasteiger partial charge < -0.3 is 15.4 Å². The molecule has 0 aliphatic carbocycles. The number of benzene rings is 3. The number of anilines is 1. The number of esters is 1. The number of hydrogen-bond donors (Lipinski definition) is 2. The van der Waals surface area contributed by atoms with Crippen LogP contribution in [-0.2, 0) is 4.74 Å². The van der Waals surface area contributed by atoms with Gasteiger partial charge in [-0.15, -0.1) is 0 Å². The van der Waals surface area contributed by atoms with Gasteiger partial charge in [0.05, 0.1) is 12.2 Å². The number of nitrogens with one attached hydrogen (secondary N) is 2. The van der Waals surface area contributed by atoms with Crippen molar-refractivity contribution in [2.45, 2.75) is 19.3 Å². The minimum Gasteiger partial charge on any atom is -0.462 e. The van der Waals surface area contributed by atoms with Crippen LogP contribution in [-0.4, -0.2) is 24.2 Å². The van der Waals surface area contributed by atoms with E-state index >= 15 is 0 Å². The van der Waals surface area contributed by atoms with Crippen LogP contribution >= 0.6 is 12.2 Å². The van der Waals surface area contributed by atoms with Crippen LogP contribution in [0.4, 0.5) is 5.69 Å². The van der Waals surface area contributed by atoms with Crippen molar-refractivity contribution in [1.82, 2.24) is 5.32 Å². The van der Waals surface area contributed by atoms with Crippen molar-refractivity contribution >= 4 is 29.0 Å². The highest BCUT2D eigenvalue weighted by molar-refractivity contribution is 7.80. The summed E-state index contributed by atoms with van der Waals surface area (Å²) in [4.78, 5) is 11.9. The smallest absolute Gasteiger partial charge is 0.338 e. The molecule has 0 atom stereocenters. The van der Waals surface area contributed by atoms with Gasteiger partial charge in [-0.2, -0.15) is 0 Å². The van der Waals surface area contributed by atoms with Crippen LogP contribution in [0, 0.1) is 0 Å². The molecule has 0 bridgehead atoms. The summed E-state index contributed by atoms with van der Waals surface area (Å²) in [6, 6.07) is 28.1. The Labute approximate surface area is 183 Å². The van der Waals surface area contributed by atoms with Gasteiger partial charge in [-0.1, -0.05) is 66.7 Å². The molecular weight excluding hydrogens is 392 g/mol. The molecule has 0 saturated heterocycles. The zero-order valence-electron chi connectivity index (χ0n) is 17.0. The summed E-state index contributed by atoms with van der Waals surface area (Å²) in [7, 11) is 0. The lowest BCUT2D eigenvalue weighted by molar-refractivity contribution is 0.0526. The molecule has 0 saturated carbocycles. The fourth-order valence-corrected chi connectivity index (χ4v) is 3.56. The highest BCUT2D eigenvalue weighted by Crippen LogP contribution is 2.27. The zero-order chi connectivity index (χ0) is 21.2. The number of hydrogen-bond acceptors (Lipinski definition) is 3. The lowest BCUT2D eigenvalue weighted by Crippen LogP contribution is -2.30. The normalized spacial score (nSPS) is 10.5. The van der Waals surface area contributed by atoms with Crippen molar-refractivity contribution in [3.63, 3.8) is 0 Å². The molecular formula is C25H26N2O2S. The van der Waals surface area contributed by atoms with Crippen molar-refractivity contribution in [1.29, 1.82) is 0 Å². The van der Waals surface area contributed by atoms with E-state index in [1.54, 1.807) is 25.1 Å². The number of thiocarbonyl (C=S) groups is 1. The summed E-state index contributed by atoms with van der Waals surface area (Å²) in [5.74, 6) is -0.0524. The first-order valence-corrected chi connectivity index (χ1v) is 10.5. The van der Waals surface area contributed by atoms with Crippen LogP contribution in [0.2, 0.25) is 0 Å². The summed E-state index contributed by atoms with van der Waals surface area (Å²) in [5.41, 5.74) is 3.82. The number of carbonyl (C=O) groups is 1. The highest BCUT2D eigenvalue weighted by Gasteiger charge is 2.14. The standard InChI is InChI=1S/C25H26N2O2S/c1-2-29-24(28)21-14-9-15-22(18-21)27-25(30)26-17-16-23(19-10-5-3-6-11-19)20-12-7-4-8-13-20/h3-15,18,23H,2,16-17H2,1H3,(H2,26,27,30). The predicted octanol–water partition coefficient (Wildman–Crippen LogP) is 5.37. The third kappa shape index (κ3) is 6.16. The van der Waals surface area contributed by atoms with E-state index in [1.165, 1.54) is 11.1 Å². The van der Waals surface area contributed by atoms with E-state index < -0.39 is 0 Å². The lowest BCUT2D eigenvalue weighted by Gasteiger charge is -2.19. The van der Waals surface area contributed by atoms with Crippen LogP contribution < -0.4 is 10.6 Å². The van der Waals surface area contributed by atoms with Gasteiger partial charge >= 0.3 is 5.97 Å². The van der Waals surface area contributed by atoms with E-state index in [4.69, 9.17) is 17.0 Å². The zero-order valence-corrected chi connectivity index (χ0v) is 17.8. The first-order chi connectivity index (χ1) is 14.7. The maximum atomic E-state index is 11.9. The summed E-state index contributed by atoms with van der Waals surface area (Å²) in [5, 5.41) is 6.95. The molecule has 2 N–H and O–H groups in total. The molecule has 30 heavy (non-hydrogen) atoms. The maximum absolute atomic E-state index is 11.9. The fraction of sp³-hybridized carbons (Fsp3) is 0.200. The summed E-state index contributed by atoms with van der Waals surface area (Å²) in [6.45, 7) is 2.86. The van der Waals surface area contributed by atoms with E-state index in [1.807, 2.05) is 18.2 Å². The van der Waals surface area contributed by atoms with E-state index in [0.29, 0.717) is 17.3 Å². The van der Waals surface area contributed by atoms with E-state index in [-0.39, 0.29) is 11.9 Å². The van der Waals surface area contributed by atoms with Gasteiger partial charge in [0.1, 0.15) is 0 Å². The van der Waals surface area contributed by atoms with Crippen molar-refractivity contribution in [2.24, 2.45) is 0 Å². The first kappa shape index (κ1) is 21.5. The molecule has 3 rings (SSSR count). The molecule has 0 unspecified atom stereocenters. The van der Waals surface area contributed by atoms with Crippen LogP contribution in [0.3, 0.4) is 0 Å². The molecule has 0 fully saturated rings. The second kappa shape index (κ2) is 11.1. The van der Waals surface area contributed by atoms with Crippen LogP contribution in [0.15, 0.2) is 84.9 Å². The topological polar surface area (TPSA) is 50.4 Å². The van der Waals surface area contributed by atoms with Crippen LogP contribution in [0.1, 0.15) is 40.7 Å². The van der Waals surface area contributed by atoms with Crippen molar-refractivity contribution in [2.75, 3.05) is 18.5 Å². The average molecular weight is 419 g/mol. The molecule has 5 heteroatoms. The predicted molar refractivity (Wildman–Crippen MR) is 126 cm³/mol. The Morgan fingerprint density at radius 3 is 2.17 bits per heavy atom. The van der Waals surface area contributed by atoms with Gasteiger partial charge in [-0.3, -0.25) is 0 Å². The van der Waals surface area contributed by atoms with Crippen molar-refractivity contribution in [3.8, 4) is 0 Å². The summed E-state index contributed by atoms with van der Waals surface area (Å²) >= 11 is 5.44. The Morgan fingerprint density at radius 2 is 1.57 bits per heavy atom. The first-order valence-electron chi connectivity index (χ1n) is 10.1. The van der Waals surface area contributed by atoms with Gasteiger partial charge in [0.15, 0.2) is 5.11 Å². The van der Waals surface area contributed by atoms with Crippen molar-refractivity contribution < 1.29 is 9.53 Å². The molecule has 0 amide bonds. The molecule has 3 aromatic carbocycles. The number of carbonyl (C=O) groups excluding carboxylic acids is 1. The Morgan fingerprint density at radius 1 is 0.933 bits per heavy atom. The van der Waals surface area contributed by atoms with Gasteiger partial charge in [-0.05, 0) is 54.9 Å². The molecule has 154 valence electrons. The van der Waals surface area contributed by atoms with Crippen LogP contribution in [0.5, 0.6) is 0 Å². The fourth-order valence-electron chi connectivity index (χ4n) is 3.34. The summed E-state index contributed by atoms with van der Waals surface area (Å²) in [6.07, 6.45) is 0.902. The number of ether oxygens (including phenoxy) is 1. The van der Waals surface area contributed by atoms with Gasteiger partial charge in [-0.25, -0.2) is 4.79 Å². The molecule has 0 aliphatic rings. The highest BCUT2D eigenvalue weighted by atomic mass is 32.1. The Bertz CT molecular complexity index is 922. The Hall–Kier alpha value is -3.18. The molecule has 0 heterocycles. The molecule has 0 aromatic heterocycles. The Kier molecular flexibility index (Phi) is 7.98. The van der Waals surface area contributed by atoms with Crippen LogP contribution in [0.25, 0.3) is 0 Å². The third-order valence-electron chi connectivity index (χ3n) is 4.75. The molecule has 0 radical (unpaired) electrons. The van der Waals surface area contributed by atoms with Crippen molar-refractivity contribution in [3.05, 3.63) is 102 Å². The molecule has 0 spiro atoms. The van der Waals surface area contributed by atoms with Gasteiger partial charge in [0.25, 0.3) is 0 Å². The summed E-state index contributed by atoms with van der Waals surface area (Å²) < 4.78 is 5.05. The molecule has 4 nitrogen and oxygen atoms in total. The lowest BCUT2D eigenvalue weighted by atomic mass is 9.88. The monoisotopic (exact) mass is 418 g/mol. The quantitative estimate of drug-likeness (QED) is 0.380. The van der Waals surface area contributed by atoms with E-state index in [0.717, 1.165) is 18.7 Å². The minimum absolute atomic E-state index is 0.287. The van der Waals surface area contributed by atoms with E-state index in [2.05, 4.69) is 59.2 Å². The third-order valence-corrected chi connectivity index (χ3v) is 5.00. The second-order valence-electron chi connectivity index (χ2n) is 6.84. The maximum Gasteiger partial charge on any atom is 0.338 e. The average Bonchev–Trinajstić information content (AvgIpc) is 2.78. The molecule has 0 aliphatic heterocycles. The minimum atomic E-state index is -0.339.